The van der Waals surface area contributed by atoms with Crippen LogP contribution in [0.1, 0.15) is 11.1 Å². The number of esters is 1. The minimum Gasteiger partial charge on any atom is -0.444 e. The molecule has 0 aliphatic carbocycles. The van der Waals surface area contributed by atoms with Gasteiger partial charge in [-0.05, 0) is 22.3 Å². The van der Waals surface area contributed by atoms with Gasteiger partial charge in [0.05, 0.1) is 0 Å². The topological polar surface area (TPSA) is 55.4 Å². The molecule has 1 aliphatic rings. The molecule has 0 saturated carbocycles. The Labute approximate surface area is 163 Å². The highest BCUT2D eigenvalue weighted by atomic mass is 16.6. The summed E-state index contributed by atoms with van der Waals surface area (Å²) in [4.78, 5) is 24.4. The van der Waals surface area contributed by atoms with Crippen molar-refractivity contribution in [3.63, 3.8) is 0 Å². The molecule has 4 rings (SSSR count). The number of amides is 1. The highest BCUT2D eigenvalue weighted by molar-refractivity contribution is 6.06. The lowest BCUT2D eigenvalue weighted by molar-refractivity contribution is -0.145. The van der Waals surface area contributed by atoms with E-state index in [1.807, 2.05) is 84.9 Å². The molecule has 3 aromatic rings. The first-order chi connectivity index (χ1) is 13.7. The van der Waals surface area contributed by atoms with E-state index in [4.69, 9.17) is 4.74 Å². The summed E-state index contributed by atoms with van der Waals surface area (Å²) >= 11 is 0. The number of carbonyl (C=O) groups excluding carboxylic acids is 2. The number of hydrogen-bond acceptors (Lipinski definition) is 3. The molecule has 1 amide bonds. The Morgan fingerprint density at radius 2 is 1.36 bits per heavy atom. The van der Waals surface area contributed by atoms with E-state index in [1.165, 1.54) is 6.08 Å². The smallest absolute Gasteiger partial charge is 0.332 e. The highest BCUT2D eigenvalue weighted by Crippen LogP contribution is 2.29. The van der Waals surface area contributed by atoms with Gasteiger partial charge in [0.1, 0.15) is 0 Å². The van der Waals surface area contributed by atoms with E-state index in [2.05, 4.69) is 5.32 Å². The van der Waals surface area contributed by atoms with Crippen molar-refractivity contribution in [3.05, 3.63) is 102 Å². The van der Waals surface area contributed by atoms with Gasteiger partial charge in [-0.3, -0.25) is 4.79 Å². The van der Waals surface area contributed by atoms with Gasteiger partial charge in [-0.2, -0.15) is 0 Å². The van der Waals surface area contributed by atoms with E-state index in [9.17, 15) is 9.59 Å². The maximum absolute atomic E-state index is 12.6. The van der Waals surface area contributed by atoms with Gasteiger partial charge in [0.15, 0.2) is 0 Å². The molecule has 0 fully saturated rings. The third kappa shape index (κ3) is 3.86. The molecule has 1 atom stereocenters. The second-order valence-electron chi connectivity index (χ2n) is 6.56. The quantitative estimate of drug-likeness (QED) is 0.692. The molecule has 0 aromatic heterocycles. The molecule has 1 N–H and O–H groups in total. The van der Waals surface area contributed by atoms with Crippen molar-refractivity contribution in [1.29, 1.82) is 0 Å². The van der Waals surface area contributed by atoms with E-state index < -0.39 is 12.1 Å². The molecule has 0 spiro atoms. The van der Waals surface area contributed by atoms with Gasteiger partial charge in [-0.15, -0.1) is 0 Å². The summed E-state index contributed by atoms with van der Waals surface area (Å²) in [7, 11) is 0. The zero-order chi connectivity index (χ0) is 19.3. The number of ether oxygens (including phenoxy) is 1. The Morgan fingerprint density at radius 3 is 2.04 bits per heavy atom. The predicted molar refractivity (Wildman–Crippen MR) is 108 cm³/mol. The van der Waals surface area contributed by atoms with Crippen molar-refractivity contribution in [1.82, 2.24) is 5.32 Å². The van der Waals surface area contributed by atoms with Gasteiger partial charge in [0, 0.05) is 18.2 Å². The summed E-state index contributed by atoms with van der Waals surface area (Å²) in [5, 5.41) is 2.84. The fraction of sp³-hybridized carbons (Fsp3) is 0.0833. The van der Waals surface area contributed by atoms with Crippen LogP contribution in [0.2, 0.25) is 0 Å². The Bertz CT molecular complexity index is 1010. The van der Waals surface area contributed by atoms with Crippen LogP contribution in [0.15, 0.2) is 91.0 Å². The van der Waals surface area contributed by atoms with E-state index in [1.54, 1.807) is 0 Å². The average Bonchev–Trinajstić information content (AvgIpc) is 3.15. The van der Waals surface area contributed by atoms with Crippen LogP contribution >= 0.6 is 0 Å². The van der Waals surface area contributed by atoms with Crippen LogP contribution in [-0.4, -0.2) is 18.0 Å². The molecule has 4 heteroatoms. The minimum atomic E-state index is -0.932. The summed E-state index contributed by atoms with van der Waals surface area (Å²) in [6.45, 7) is 0.383. The van der Waals surface area contributed by atoms with Crippen LogP contribution in [-0.2, 0) is 20.9 Å². The Morgan fingerprint density at radius 1 is 0.786 bits per heavy atom. The molecular formula is C24H19NO3. The lowest BCUT2D eigenvalue weighted by Gasteiger charge is -2.15. The molecule has 1 aliphatic heterocycles. The fourth-order valence-electron chi connectivity index (χ4n) is 3.21. The molecule has 4 nitrogen and oxygen atoms in total. The number of benzene rings is 3. The number of cyclic esters (lactones) is 1. The van der Waals surface area contributed by atoms with Gasteiger partial charge >= 0.3 is 5.97 Å². The maximum Gasteiger partial charge on any atom is 0.332 e. The predicted octanol–water partition coefficient (Wildman–Crippen LogP) is 3.98. The average molecular weight is 369 g/mol. The van der Waals surface area contributed by atoms with Crippen molar-refractivity contribution in [2.45, 2.75) is 12.6 Å². The first-order valence-electron chi connectivity index (χ1n) is 9.10. The molecule has 1 heterocycles. The molecule has 3 aromatic carbocycles. The second-order valence-corrected chi connectivity index (χ2v) is 6.56. The van der Waals surface area contributed by atoms with Gasteiger partial charge in [-0.25, -0.2) is 4.79 Å². The van der Waals surface area contributed by atoms with E-state index in [0.29, 0.717) is 12.1 Å². The first kappa shape index (κ1) is 17.7. The van der Waals surface area contributed by atoms with E-state index in [-0.39, 0.29) is 5.91 Å². The third-order valence-electron chi connectivity index (χ3n) is 4.66. The van der Waals surface area contributed by atoms with Crippen molar-refractivity contribution in [3.8, 4) is 11.1 Å². The van der Waals surface area contributed by atoms with Crippen LogP contribution < -0.4 is 5.32 Å². The van der Waals surface area contributed by atoms with Crippen LogP contribution in [0.3, 0.4) is 0 Å². The SMILES string of the molecule is O=C1C=C(c2ccc(-c3ccccc3)cc2)C(C(=O)NCc2ccccc2)O1. The first-order valence-corrected chi connectivity index (χ1v) is 9.10. The van der Waals surface area contributed by atoms with Crippen LogP contribution in [0.5, 0.6) is 0 Å². The fourth-order valence-corrected chi connectivity index (χ4v) is 3.21. The van der Waals surface area contributed by atoms with Gasteiger partial charge in [-0.1, -0.05) is 84.9 Å². The molecule has 28 heavy (non-hydrogen) atoms. The lowest BCUT2D eigenvalue weighted by atomic mass is 9.97. The molecule has 138 valence electrons. The van der Waals surface area contributed by atoms with Crippen molar-refractivity contribution >= 4 is 17.4 Å². The van der Waals surface area contributed by atoms with Crippen molar-refractivity contribution in [2.75, 3.05) is 0 Å². The summed E-state index contributed by atoms with van der Waals surface area (Å²) in [5.74, 6) is -0.824. The van der Waals surface area contributed by atoms with E-state index >= 15 is 0 Å². The number of nitrogens with one attached hydrogen (secondary N) is 1. The summed E-state index contributed by atoms with van der Waals surface area (Å²) in [6.07, 6.45) is 0.461. The van der Waals surface area contributed by atoms with Crippen LogP contribution in [0.4, 0.5) is 0 Å². The molecule has 0 saturated heterocycles. The second kappa shape index (κ2) is 7.92. The van der Waals surface area contributed by atoms with Gasteiger partial charge < -0.3 is 10.1 Å². The normalized spacial score (nSPS) is 15.6. The molecule has 0 bridgehead atoms. The maximum atomic E-state index is 12.6. The Balaban J connectivity index is 1.50. The molecular weight excluding hydrogens is 350 g/mol. The zero-order valence-electron chi connectivity index (χ0n) is 15.2. The highest BCUT2D eigenvalue weighted by Gasteiger charge is 2.33. The Kier molecular flexibility index (Phi) is 5.02. The minimum absolute atomic E-state index is 0.326. The largest absolute Gasteiger partial charge is 0.444 e. The van der Waals surface area contributed by atoms with Crippen LogP contribution in [0, 0.1) is 0 Å². The van der Waals surface area contributed by atoms with Crippen LogP contribution in [0.25, 0.3) is 16.7 Å². The van der Waals surface area contributed by atoms with Gasteiger partial charge in [0.2, 0.25) is 6.10 Å². The lowest BCUT2D eigenvalue weighted by Crippen LogP contribution is -2.35. The summed E-state index contributed by atoms with van der Waals surface area (Å²) in [5.41, 5.74) is 4.54. The molecule has 0 radical (unpaired) electrons. The Hall–Kier alpha value is -3.66. The van der Waals surface area contributed by atoms with Crippen molar-refractivity contribution in [2.24, 2.45) is 0 Å². The zero-order valence-corrected chi connectivity index (χ0v) is 15.2. The number of rotatable bonds is 5. The molecule has 1 unspecified atom stereocenters. The monoisotopic (exact) mass is 369 g/mol. The van der Waals surface area contributed by atoms with Gasteiger partial charge in [0.25, 0.3) is 5.91 Å². The number of hydrogen-bond donors (Lipinski definition) is 1. The van der Waals surface area contributed by atoms with E-state index in [0.717, 1.165) is 22.3 Å². The standard InChI is InChI=1S/C24H19NO3/c26-22-15-21(20-13-11-19(12-14-20)18-9-5-2-6-10-18)23(28-22)24(27)25-16-17-7-3-1-4-8-17/h1-15,23H,16H2,(H,25,27). The third-order valence-corrected chi connectivity index (χ3v) is 4.66. The van der Waals surface area contributed by atoms with Crippen molar-refractivity contribution < 1.29 is 14.3 Å². The summed E-state index contributed by atoms with van der Waals surface area (Å²) in [6, 6.07) is 27.4. The number of carbonyl (C=O) groups is 2. The summed E-state index contributed by atoms with van der Waals surface area (Å²) < 4.78 is 5.25.